The van der Waals surface area contributed by atoms with Crippen molar-refractivity contribution in [1.29, 1.82) is 0 Å². The number of hydrogen-bond acceptors (Lipinski definition) is 4. The maximum Gasteiger partial charge on any atom is 0.410 e. The molecule has 0 bridgehead atoms. The van der Waals surface area contributed by atoms with Crippen molar-refractivity contribution in [3.63, 3.8) is 0 Å². The lowest BCUT2D eigenvalue weighted by Gasteiger charge is -2.27. The number of thiophene rings is 1. The minimum absolute atomic E-state index is 0.254. The van der Waals surface area contributed by atoms with E-state index in [9.17, 15) is 4.79 Å². The molecule has 1 aliphatic rings. The zero-order chi connectivity index (χ0) is 17.4. The normalized spacial score (nSPS) is 21.4. The van der Waals surface area contributed by atoms with Gasteiger partial charge in [-0.2, -0.15) is 0 Å². The first-order valence-corrected chi connectivity index (χ1v) is 9.21. The summed E-state index contributed by atoms with van der Waals surface area (Å²) in [6, 6.07) is 8.38. The highest BCUT2D eigenvalue weighted by atomic mass is 32.1. The molecule has 1 unspecified atom stereocenters. The Morgan fingerprint density at radius 2 is 2.08 bits per heavy atom. The van der Waals surface area contributed by atoms with E-state index in [4.69, 9.17) is 9.47 Å². The third-order valence-electron chi connectivity index (χ3n) is 4.22. The molecule has 0 radical (unpaired) electrons. The number of nitrogens with zero attached hydrogens (tertiary/aromatic N) is 1. The Morgan fingerprint density at radius 3 is 2.83 bits per heavy atom. The van der Waals surface area contributed by atoms with Gasteiger partial charge in [-0.3, -0.25) is 0 Å². The summed E-state index contributed by atoms with van der Waals surface area (Å²) >= 11 is 1.74. The maximum atomic E-state index is 12.2. The fraction of sp³-hybridized carbons (Fsp3) is 0.526. The predicted octanol–water partition coefficient (Wildman–Crippen LogP) is 4.82. The number of carbonyl (C=O) groups is 1. The second-order valence-corrected chi connectivity index (χ2v) is 8.56. The lowest BCUT2D eigenvalue weighted by molar-refractivity contribution is -0.0369. The summed E-state index contributed by atoms with van der Waals surface area (Å²) in [6.07, 6.45) is 0.574. The van der Waals surface area contributed by atoms with E-state index in [1.54, 1.807) is 16.2 Å². The van der Waals surface area contributed by atoms with Crippen LogP contribution >= 0.6 is 11.3 Å². The van der Waals surface area contributed by atoms with Crippen molar-refractivity contribution >= 4 is 27.5 Å². The highest BCUT2D eigenvalue weighted by Gasteiger charge is 2.38. The minimum Gasteiger partial charge on any atom is -0.444 e. The van der Waals surface area contributed by atoms with Gasteiger partial charge in [0.1, 0.15) is 5.60 Å². The van der Waals surface area contributed by atoms with Gasteiger partial charge in [0.25, 0.3) is 0 Å². The van der Waals surface area contributed by atoms with Gasteiger partial charge in [-0.25, -0.2) is 4.79 Å². The number of rotatable bonds is 3. The van der Waals surface area contributed by atoms with Crippen molar-refractivity contribution < 1.29 is 14.3 Å². The van der Waals surface area contributed by atoms with Crippen LogP contribution in [0.15, 0.2) is 29.6 Å². The van der Waals surface area contributed by atoms with Crippen LogP contribution in [0, 0.1) is 0 Å². The molecular weight excluding hydrogens is 322 g/mol. The van der Waals surface area contributed by atoms with Crippen molar-refractivity contribution in [2.24, 2.45) is 0 Å². The molecule has 1 atom stereocenters. The zero-order valence-corrected chi connectivity index (χ0v) is 15.6. The van der Waals surface area contributed by atoms with Crippen molar-refractivity contribution in [2.45, 2.75) is 51.9 Å². The first kappa shape index (κ1) is 17.2. The van der Waals surface area contributed by atoms with Gasteiger partial charge in [-0.1, -0.05) is 18.2 Å². The number of benzene rings is 1. The molecule has 1 fully saturated rings. The van der Waals surface area contributed by atoms with Crippen molar-refractivity contribution in [2.75, 3.05) is 13.1 Å². The lowest BCUT2D eigenvalue weighted by atomic mass is 10.1. The van der Waals surface area contributed by atoms with E-state index in [1.807, 2.05) is 20.8 Å². The topological polar surface area (TPSA) is 38.8 Å². The summed E-state index contributed by atoms with van der Waals surface area (Å²) < 4.78 is 12.9. The second-order valence-electron chi connectivity index (χ2n) is 7.65. The van der Waals surface area contributed by atoms with Crippen LogP contribution in [0.2, 0.25) is 0 Å². The van der Waals surface area contributed by atoms with Gasteiger partial charge in [-0.15, -0.1) is 11.3 Å². The lowest BCUT2D eigenvalue weighted by Crippen LogP contribution is -2.39. The van der Waals surface area contributed by atoms with Crippen molar-refractivity contribution in [3.05, 3.63) is 35.2 Å². The Labute approximate surface area is 147 Å². The van der Waals surface area contributed by atoms with Gasteiger partial charge in [0.2, 0.25) is 0 Å². The van der Waals surface area contributed by atoms with Gasteiger partial charge >= 0.3 is 6.09 Å². The minimum atomic E-state index is -0.466. The summed E-state index contributed by atoms with van der Waals surface area (Å²) in [5.74, 6) is 0. The average Bonchev–Trinajstić information content (AvgIpc) is 3.08. The monoisotopic (exact) mass is 347 g/mol. The summed E-state index contributed by atoms with van der Waals surface area (Å²) in [4.78, 5) is 14.0. The molecule has 24 heavy (non-hydrogen) atoms. The molecule has 1 aromatic carbocycles. The molecule has 4 nitrogen and oxygen atoms in total. The van der Waals surface area contributed by atoms with E-state index in [-0.39, 0.29) is 11.7 Å². The molecule has 0 N–H and O–H groups in total. The number of hydrogen-bond donors (Lipinski definition) is 0. The van der Waals surface area contributed by atoms with Crippen LogP contribution in [0.3, 0.4) is 0 Å². The number of carbonyl (C=O) groups excluding carboxylic acids is 1. The molecule has 130 valence electrons. The van der Waals surface area contributed by atoms with Crippen LogP contribution < -0.4 is 0 Å². The quantitative estimate of drug-likeness (QED) is 0.799. The number of ether oxygens (including phenoxy) is 2. The second kappa shape index (κ2) is 6.37. The Balaban J connectivity index is 1.60. The van der Waals surface area contributed by atoms with E-state index in [0.717, 1.165) is 6.42 Å². The molecule has 0 saturated carbocycles. The summed E-state index contributed by atoms with van der Waals surface area (Å²) in [6.45, 7) is 9.56. The average molecular weight is 347 g/mol. The molecule has 1 aromatic heterocycles. The molecule has 2 aromatic rings. The SMILES string of the molecule is CC(C)(C)OC(=O)N1CCC(C)(OCc2csc3ccccc23)C1. The molecular formula is C19H25NO3S. The summed E-state index contributed by atoms with van der Waals surface area (Å²) in [7, 11) is 0. The van der Waals surface area contributed by atoms with E-state index in [1.165, 1.54) is 15.6 Å². The van der Waals surface area contributed by atoms with E-state index in [2.05, 4.69) is 36.6 Å². The molecule has 5 heteroatoms. The molecule has 1 amide bonds. The highest BCUT2D eigenvalue weighted by Crippen LogP contribution is 2.31. The predicted molar refractivity (Wildman–Crippen MR) is 97.4 cm³/mol. The van der Waals surface area contributed by atoms with Gasteiger partial charge in [0.15, 0.2) is 0 Å². The zero-order valence-electron chi connectivity index (χ0n) is 14.8. The first-order chi connectivity index (χ1) is 11.3. The van der Waals surface area contributed by atoms with Crippen LogP contribution in [0.5, 0.6) is 0 Å². The van der Waals surface area contributed by atoms with Gasteiger partial charge in [-0.05, 0) is 56.5 Å². The smallest absolute Gasteiger partial charge is 0.410 e. The van der Waals surface area contributed by atoms with E-state index < -0.39 is 5.60 Å². The standard InChI is InChI=1S/C19H25NO3S/c1-18(2,3)23-17(21)20-10-9-19(4,13-20)22-11-14-12-24-16-8-6-5-7-15(14)16/h5-8,12H,9-11,13H2,1-4H3. The third kappa shape index (κ3) is 3.90. The first-order valence-electron chi connectivity index (χ1n) is 8.33. The van der Waals surface area contributed by atoms with Crippen LogP contribution in [0.25, 0.3) is 10.1 Å². The molecule has 3 rings (SSSR count). The molecule has 0 aliphatic carbocycles. The third-order valence-corrected chi connectivity index (χ3v) is 5.24. The van der Waals surface area contributed by atoms with Gasteiger partial charge in [0, 0.05) is 11.2 Å². The number of fused-ring (bicyclic) bond motifs is 1. The fourth-order valence-corrected chi connectivity index (χ4v) is 3.88. The van der Waals surface area contributed by atoms with E-state index >= 15 is 0 Å². The van der Waals surface area contributed by atoms with Crippen LogP contribution in [0.4, 0.5) is 4.79 Å². The molecule has 1 aliphatic heterocycles. The van der Waals surface area contributed by atoms with Crippen LogP contribution in [-0.2, 0) is 16.1 Å². The van der Waals surface area contributed by atoms with E-state index in [0.29, 0.717) is 19.7 Å². The molecule has 0 spiro atoms. The van der Waals surface area contributed by atoms with Crippen molar-refractivity contribution in [1.82, 2.24) is 4.90 Å². The van der Waals surface area contributed by atoms with Crippen molar-refractivity contribution in [3.8, 4) is 0 Å². The Hall–Kier alpha value is -1.59. The highest BCUT2D eigenvalue weighted by molar-refractivity contribution is 7.17. The molecule has 1 saturated heterocycles. The maximum absolute atomic E-state index is 12.2. The molecule has 2 heterocycles. The Bertz CT molecular complexity index is 734. The fourth-order valence-electron chi connectivity index (χ4n) is 2.93. The number of amides is 1. The largest absolute Gasteiger partial charge is 0.444 e. The number of likely N-dealkylation sites (tertiary alicyclic amines) is 1. The Morgan fingerprint density at radius 1 is 1.33 bits per heavy atom. The van der Waals surface area contributed by atoms with Crippen LogP contribution in [0.1, 0.15) is 39.7 Å². The summed E-state index contributed by atoms with van der Waals surface area (Å²) in [5.41, 5.74) is 0.430. The summed E-state index contributed by atoms with van der Waals surface area (Å²) in [5, 5.41) is 3.42. The van der Waals surface area contributed by atoms with Gasteiger partial charge < -0.3 is 14.4 Å². The van der Waals surface area contributed by atoms with Gasteiger partial charge in [0.05, 0.1) is 18.8 Å². The van der Waals surface area contributed by atoms with Crippen LogP contribution in [-0.4, -0.2) is 35.3 Å². The Kier molecular flexibility index (Phi) is 4.58.